The van der Waals surface area contributed by atoms with E-state index in [0.717, 1.165) is 6.07 Å². The first-order chi connectivity index (χ1) is 9.64. The fourth-order valence-electron chi connectivity index (χ4n) is 1.94. The molecule has 2 aromatic rings. The molecule has 0 saturated carbocycles. The molecule has 21 heavy (non-hydrogen) atoms. The van der Waals surface area contributed by atoms with E-state index >= 15 is 0 Å². The fourth-order valence-corrected chi connectivity index (χ4v) is 4.68. The summed E-state index contributed by atoms with van der Waals surface area (Å²) in [7, 11) is -2.42. The molecule has 0 fully saturated rings. The maximum atomic E-state index is 12.5. The summed E-state index contributed by atoms with van der Waals surface area (Å²) < 4.78 is 48.3. The van der Waals surface area contributed by atoms with Gasteiger partial charge in [0.1, 0.15) is 0 Å². The molecular formula is C14H13ClO4S2. The molecule has 0 radical (unpaired) electrons. The Morgan fingerprint density at radius 3 is 1.95 bits per heavy atom. The monoisotopic (exact) mass is 344 g/mol. The minimum absolute atomic E-state index is 0.0870. The van der Waals surface area contributed by atoms with Gasteiger partial charge >= 0.3 is 0 Å². The summed E-state index contributed by atoms with van der Waals surface area (Å²) in [6, 6.07) is 10.4. The average Bonchev–Trinajstić information content (AvgIpc) is 2.41. The van der Waals surface area contributed by atoms with Gasteiger partial charge in [0.2, 0.25) is 9.84 Å². The molecule has 2 aromatic carbocycles. The zero-order chi connectivity index (χ0) is 15.8. The minimum Gasteiger partial charge on any atom is -0.219 e. The zero-order valence-electron chi connectivity index (χ0n) is 11.4. The van der Waals surface area contributed by atoms with Crippen LogP contribution in [0.15, 0.2) is 57.2 Å². The Bertz CT molecular complexity index is 886. The maximum absolute atomic E-state index is 12.5. The zero-order valence-corrected chi connectivity index (χ0v) is 13.8. The van der Waals surface area contributed by atoms with Gasteiger partial charge in [0.05, 0.1) is 14.7 Å². The van der Waals surface area contributed by atoms with Crippen molar-refractivity contribution in [3.8, 4) is 0 Å². The van der Waals surface area contributed by atoms with Gasteiger partial charge in [0.25, 0.3) is 9.05 Å². The van der Waals surface area contributed by atoms with E-state index in [1.54, 1.807) is 32.0 Å². The number of hydrogen-bond acceptors (Lipinski definition) is 4. The highest BCUT2D eigenvalue weighted by Gasteiger charge is 2.23. The first kappa shape index (κ1) is 16.0. The van der Waals surface area contributed by atoms with Gasteiger partial charge in [-0.1, -0.05) is 18.2 Å². The smallest absolute Gasteiger partial charge is 0.219 e. The van der Waals surface area contributed by atoms with Crippen LogP contribution in [-0.2, 0) is 18.9 Å². The number of aryl methyl sites for hydroxylation is 1. The van der Waals surface area contributed by atoms with Crippen molar-refractivity contribution in [1.29, 1.82) is 0 Å². The summed E-state index contributed by atoms with van der Waals surface area (Å²) in [5, 5.41) is 0. The number of rotatable bonds is 3. The lowest BCUT2D eigenvalue weighted by atomic mass is 10.1. The Hall–Kier alpha value is -1.37. The summed E-state index contributed by atoms with van der Waals surface area (Å²) in [6.07, 6.45) is 0. The van der Waals surface area contributed by atoms with Crippen molar-refractivity contribution >= 4 is 29.6 Å². The van der Waals surface area contributed by atoms with Crippen LogP contribution < -0.4 is 0 Å². The second kappa shape index (κ2) is 5.44. The van der Waals surface area contributed by atoms with Crippen molar-refractivity contribution in [2.24, 2.45) is 0 Å². The number of sulfone groups is 1. The van der Waals surface area contributed by atoms with Crippen molar-refractivity contribution < 1.29 is 16.8 Å². The lowest BCUT2D eigenvalue weighted by molar-refractivity contribution is 0.595. The van der Waals surface area contributed by atoms with Crippen LogP contribution in [0.25, 0.3) is 0 Å². The Labute approximate surface area is 128 Å². The molecule has 112 valence electrons. The van der Waals surface area contributed by atoms with Gasteiger partial charge in [-0.25, -0.2) is 16.8 Å². The largest absolute Gasteiger partial charge is 0.261 e. The van der Waals surface area contributed by atoms with Crippen LogP contribution in [0.5, 0.6) is 0 Å². The SMILES string of the molecule is Cc1cc(S(=O)(=O)c2ccccc2)cc(S(=O)(=O)Cl)c1C. The Kier molecular flexibility index (Phi) is 4.15. The van der Waals surface area contributed by atoms with Gasteiger partial charge in [0.15, 0.2) is 0 Å². The standard InChI is InChI=1S/C14H13ClO4S2/c1-10-8-13(9-14(11(10)2)21(15,18)19)20(16,17)12-6-4-3-5-7-12/h3-9H,1-2H3. The fraction of sp³-hybridized carbons (Fsp3) is 0.143. The van der Waals surface area contributed by atoms with Gasteiger partial charge in [-0.05, 0) is 49.2 Å². The highest BCUT2D eigenvalue weighted by Crippen LogP contribution is 2.29. The normalized spacial score (nSPS) is 12.3. The topological polar surface area (TPSA) is 68.3 Å². The van der Waals surface area contributed by atoms with Gasteiger partial charge in [-0.2, -0.15) is 0 Å². The highest BCUT2D eigenvalue weighted by molar-refractivity contribution is 8.13. The predicted molar refractivity (Wildman–Crippen MR) is 80.8 cm³/mol. The van der Waals surface area contributed by atoms with Crippen LogP contribution in [0.2, 0.25) is 0 Å². The quantitative estimate of drug-likeness (QED) is 0.802. The summed E-state index contributed by atoms with van der Waals surface area (Å²) >= 11 is 0. The molecule has 7 heteroatoms. The lowest BCUT2D eigenvalue weighted by Crippen LogP contribution is -2.06. The van der Waals surface area contributed by atoms with Crippen LogP contribution in [-0.4, -0.2) is 16.8 Å². The van der Waals surface area contributed by atoms with Crippen LogP contribution in [0.1, 0.15) is 11.1 Å². The summed E-state index contributed by atoms with van der Waals surface area (Å²) in [4.78, 5) is -0.166. The van der Waals surface area contributed by atoms with Crippen LogP contribution in [0.3, 0.4) is 0 Å². The third-order valence-corrected chi connectivity index (χ3v) is 6.42. The summed E-state index contributed by atoms with van der Waals surface area (Å²) in [5.41, 5.74) is 0.989. The van der Waals surface area contributed by atoms with E-state index in [1.165, 1.54) is 18.2 Å². The molecule has 0 aliphatic rings. The molecule has 0 atom stereocenters. The number of hydrogen-bond donors (Lipinski definition) is 0. The maximum Gasteiger partial charge on any atom is 0.261 e. The molecule has 2 rings (SSSR count). The van der Waals surface area contributed by atoms with E-state index in [2.05, 4.69) is 0 Å². The van der Waals surface area contributed by atoms with Gasteiger partial charge in [-0.15, -0.1) is 0 Å². The van der Waals surface area contributed by atoms with Gasteiger partial charge < -0.3 is 0 Å². The highest BCUT2D eigenvalue weighted by atomic mass is 35.7. The van der Waals surface area contributed by atoms with Gasteiger partial charge in [-0.3, -0.25) is 0 Å². The molecule has 0 N–H and O–H groups in total. The number of halogens is 1. The molecule has 4 nitrogen and oxygen atoms in total. The van der Waals surface area contributed by atoms with E-state index in [9.17, 15) is 16.8 Å². The predicted octanol–water partition coefficient (Wildman–Crippen LogP) is 3.06. The molecule has 0 unspecified atom stereocenters. The second-order valence-electron chi connectivity index (χ2n) is 4.62. The van der Waals surface area contributed by atoms with E-state index in [4.69, 9.17) is 10.7 Å². The van der Waals surface area contributed by atoms with Gasteiger partial charge in [0, 0.05) is 10.7 Å². The summed E-state index contributed by atoms with van der Waals surface area (Å²) in [6.45, 7) is 3.23. The van der Waals surface area contributed by atoms with Crippen LogP contribution >= 0.6 is 10.7 Å². The first-order valence-corrected chi connectivity index (χ1v) is 9.79. The Morgan fingerprint density at radius 1 is 0.857 bits per heavy atom. The van der Waals surface area contributed by atoms with Crippen molar-refractivity contribution in [2.75, 3.05) is 0 Å². The average molecular weight is 345 g/mol. The summed E-state index contributed by atoms with van der Waals surface area (Å²) in [5.74, 6) is 0. The molecule has 0 aromatic heterocycles. The molecule has 0 amide bonds. The van der Waals surface area contributed by atoms with E-state index in [-0.39, 0.29) is 14.7 Å². The van der Waals surface area contributed by atoms with Crippen LogP contribution in [0, 0.1) is 13.8 Å². The second-order valence-corrected chi connectivity index (χ2v) is 9.10. The van der Waals surface area contributed by atoms with Crippen LogP contribution in [0.4, 0.5) is 0 Å². The Morgan fingerprint density at radius 2 is 1.43 bits per heavy atom. The van der Waals surface area contributed by atoms with Crippen molar-refractivity contribution in [3.05, 3.63) is 53.6 Å². The third-order valence-electron chi connectivity index (χ3n) is 3.22. The van der Waals surface area contributed by atoms with E-state index < -0.39 is 18.9 Å². The molecule has 0 spiro atoms. The minimum atomic E-state index is -4.01. The van der Waals surface area contributed by atoms with E-state index in [0.29, 0.717) is 11.1 Å². The van der Waals surface area contributed by atoms with Crippen molar-refractivity contribution in [3.63, 3.8) is 0 Å². The molecular weight excluding hydrogens is 332 g/mol. The van der Waals surface area contributed by atoms with Crippen molar-refractivity contribution in [2.45, 2.75) is 28.5 Å². The molecule has 0 aliphatic carbocycles. The first-order valence-electron chi connectivity index (χ1n) is 6.00. The van der Waals surface area contributed by atoms with E-state index in [1.807, 2.05) is 0 Å². The third kappa shape index (κ3) is 3.12. The molecule has 0 heterocycles. The number of benzene rings is 2. The molecule has 0 saturated heterocycles. The molecule has 0 bridgehead atoms. The molecule has 0 aliphatic heterocycles. The van der Waals surface area contributed by atoms with Crippen molar-refractivity contribution in [1.82, 2.24) is 0 Å². The lowest BCUT2D eigenvalue weighted by Gasteiger charge is -2.11. The Balaban J connectivity index is 2.75.